The minimum atomic E-state index is 0.0823. The van der Waals surface area contributed by atoms with Crippen molar-refractivity contribution in [3.63, 3.8) is 0 Å². The van der Waals surface area contributed by atoms with E-state index in [1.165, 1.54) is 11.5 Å². The molecule has 2 heterocycles. The maximum Gasteiger partial charge on any atom is 0.267 e. The second kappa shape index (κ2) is 6.96. The summed E-state index contributed by atoms with van der Waals surface area (Å²) in [4.78, 5) is 15.2. The summed E-state index contributed by atoms with van der Waals surface area (Å²) in [6, 6.07) is 0.274. The number of carbonyl (C=O) groups is 1. The minimum absolute atomic E-state index is 0.0823. The zero-order valence-corrected chi connectivity index (χ0v) is 12.2. The molecule has 1 N–H and O–H groups in total. The van der Waals surface area contributed by atoms with Crippen LogP contribution in [0.1, 0.15) is 54.4 Å². The molecule has 0 aromatic carbocycles. The average molecular weight is 283 g/mol. The van der Waals surface area contributed by atoms with Gasteiger partial charge in [-0.2, -0.15) is 0 Å². The zero-order chi connectivity index (χ0) is 13.7. The molecule has 1 aliphatic heterocycles. The fraction of sp³-hybridized carbons (Fsp3) is 0.769. The van der Waals surface area contributed by atoms with Crippen molar-refractivity contribution in [2.45, 2.75) is 51.5 Å². The van der Waals surface area contributed by atoms with Crippen LogP contribution in [-0.2, 0) is 6.42 Å². The number of amides is 1. The van der Waals surface area contributed by atoms with Gasteiger partial charge in [-0.25, -0.2) is 0 Å². The van der Waals surface area contributed by atoms with E-state index in [-0.39, 0.29) is 18.6 Å². The number of aryl methyl sites for hydroxylation is 1. The molecule has 6 heteroatoms. The van der Waals surface area contributed by atoms with Crippen molar-refractivity contribution < 1.29 is 9.90 Å². The van der Waals surface area contributed by atoms with E-state index < -0.39 is 0 Å². The molecule has 1 atom stereocenters. The molecule has 2 rings (SSSR count). The lowest BCUT2D eigenvalue weighted by molar-refractivity contribution is 0.0728. The van der Waals surface area contributed by atoms with Crippen LogP contribution in [0.3, 0.4) is 0 Å². The second-order valence-electron chi connectivity index (χ2n) is 4.96. The Balaban J connectivity index is 2.07. The molecule has 1 aromatic rings. The highest BCUT2D eigenvalue weighted by atomic mass is 32.1. The van der Waals surface area contributed by atoms with Gasteiger partial charge in [-0.15, -0.1) is 5.10 Å². The standard InChI is InChI=1S/C13H21N3O2S/c1-2-5-11-12(19-15-14-11)13(18)16-8-3-6-10(16)7-4-9-17/h10,17H,2-9H2,1H3. The minimum Gasteiger partial charge on any atom is -0.396 e. The van der Waals surface area contributed by atoms with Gasteiger partial charge in [0, 0.05) is 19.2 Å². The van der Waals surface area contributed by atoms with Crippen LogP contribution < -0.4 is 0 Å². The molecule has 1 unspecified atom stereocenters. The first kappa shape index (κ1) is 14.4. The van der Waals surface area contributed by atoms with Gasteiger partial charge in [-0.3, -0.25) is 4.79 Å². The lowest BCUT2D eigenvalue weighted by Crippen LogP contribution is -2.35. The average Bonchev–Trinajstić information content (AvgIpc) is 3.04. The third-order valence-electron chi connectivity index (χ3n) is 3.57. The summed E-state index contributed by atoms with van der Waals surface area (Å²) in [6.07, 6.45) is 5.53. The third-order valence-corrected chi connectivity index (χ3v) is 4.33. The molecule has 19 heavy (non-hydrogen) atoms. The van der Waals surface area contributed by atoms with Crippen molar-refractivity contribution in [1.82, 2.24) is 14.5 Å². The predicted molar refractivity (Wildman–Crippen MR) is 74.3 cm³/mol. The highest BCUT2D eigenvalue weighted by Crippen LogP contribution is 2.25. The number of aromatic nitrogens is 2. The summed E-state index contributed by atoms with van der Waals surface area (Å²) in [5.41, 5.74) is 0.838. The molecular formula is C13H21N3O2S. The van der Waals surface area contributed by atoms with E-state index in [0.29, 0.717) is 4.88 Å². The predicted octanol–water partition coefficient (Wildman–Crippen LogP) is 1.87. The highest BCUT2D eigenvalue weighted by Gasteiger charge is 2.31. The van der Waals surface area contributed by atoms with Crippen LogP contribution in [0.5, 0.6) is 0 Å². The molecule has 0 saturated carbocycles. The summed E-state index contributed by atoms with van der Waals surface area (Å²) in [6.45, 7) is 3.09. The number of carbonyl (C=O) groups excluding carboxylic acids is 1. The Morgan fingerprint density at radius 1 is 1.58 bits per heavy atom. The van der Waals surface area contributed by atoms with E-state index >= 15 is 0 Å². The highest BCUT2D eigenvalue weighted by molar-refractivity contribution is 7.08. The Morgan fingerprint density at radius 2 is 2.42 bits per heavy atom. The molecule has 106 valence electrons. The van der Waals surface area contributed by atoms with E-state index in [0.717, 1.165) is 50.8 Å². The molecule has 5 nitrogen and oxygen atoms in total. The van der Waals surface area contributed by atoms with Crippen molar-refractivity contribution >= 4 is 17.4 Å². The summed E-state index contributed by atoms with van der Waals surface area (Å²) in [7, 11) is 0. The number of rotatable bonds is 6. The van der Waals surface area contributed by atoms with Crippen LogP contribution in [0.25, 0.3) is 0 Å². The van der Waals surface area contributed by atoms with Crippen LogP contribution in [0.4, 0.5) is 0 Å². The maximum atomic E-state index is 12.6. The van der Waals surface area contributed by atoms with Crippen LogP contribution in [0.2, 0.25) is 0 Å². The Labute approximate surface area is 117 Å². The number of likely N-dealkylation sites (tertiary alicyclic amines) is 1. The Kier molecular flexibility index (Phi) is 5.27. The van der Waals surface area contributed by atoms with Gasteiger partial charge in [0.2, 0.25) is 0 Å². The summed E-state index contributed by atoms with van der Waals surface area (Å²) in [5, 5.41) is 13.0. The van der Waals surface area contributed by atoms with Gasteiger partial charge >= 0.3 is 0 Å². The van der Waals surface area contributed by atoms with E-state index in [2.05, 4.69) is 16.5 Å². The van der Waals surface area contributed by atoms with Crippen LogP contribution in [-0.4, -0.2) is 44.7 Å². The lowest BCUT2D eigenvalue weighted by Gasteiger charge is -2.24. The fourth-order valence-electron chi connectivity index (χ4n) is 2.63. The summed E-state index contributed by atoms with van der Waals surface area (Å²) in [5.74, 6) is 0.0823. The molecular weight excluding hydrogens is 262 g/mol. The number of nitrogens with zero attached hydrogens (tertiary/aromatic N) is 3. The largest absolute Gasteiger partial charge is 0.396 e. The van der Waals surface area contributed by atoms with Crippen molar-refractivity contribution in [1.29, 1.82) is 0 Å². The smallest absolute Gasteiger partial charge is 0.267 e. The van der Waals surface area contributed by atoms with Crippen molar-refractivity contribution in [3.8, 4) is 0 Å². The molecule has 1 fully saturated rings. The molecule has 0 aliphatic carbocycles. The number of aliphatic hydroxyl groups excluding tert-OH is 1. The van der Waals surface area contributed by atoms with E-state index in [4.69, 9.17) is 5.11 Å². The Hall–Kier alpha value is -1.01. The first-order valence-electron chi connectivity index (χ1n) is 7.01. The van der Waals surface area contributed by atoms with E-state index in [9.17, 15) is 4.79 Å². The van der Waals surface area contributed by atoms with Crippen molar-refractivity contribution in [3.05, 3.63) is 10.6 Å². The Bertz CT molecular complexity index is 422. The van der Waals surface area contributed by atoms with Crippen LogP contribution >= 0.6 is 11.5 Å². The van der Waals surface area contributed by atoms with Gasteiger partial charge in [0.25, 0.3) is 5.91 Å². The first-order chi connectivity index (χ1) is 9.27. The van der Waals surface area contributed by atoms with Crippen LogP contribution in [0.15, 0.2) is 0 Å². The van der Waals surface area contributed by atoms with E-state index in [1.807, 2.05) is 4.90 Å². The number of hydrogen-bond acceptors (Lipinski definition) is 5. The summed E-state index contributed by atoms with van der Waals surface area (Å²) >= 11 is 1.21. The maximum absolute atomic E-state index is 12.6. The van der Waals surface area contributed by atoms with Gasteiger partial charge in [-0.05, 0) is 43.6 Å². The Morgan fingerprint density at radius 3 is 3.16 bits per heavy atom. The summed E-state index contributed by atoms with van der Waals surface area (Å²) < 4.78 is 3.92. The molecule has 1 aliphatic rings. The third kappa shape index (κ3) is 3.30. The lowest BCUT2D eigenvalue weighted by atomic mass is 10.1. The molecule has 0 spiro atoms. The first-order valence-corrected chi connectivity index (χ1v) is 7.78. The van der Waals surface area contributed by atoms with Crippen molar-refractivity contribution in [2.24, 2.45) is 0 Å². The van der Waals surface area contributed by atoms with Gasteiger partial charge in [0.15, 0.2) is 0 Å². The van der Waals surface area contributed by atoms with Gasteiger partial charge < -0.3 is 10.0 Å². The molecule has 1 aromatic heterocycles. The SMILES string of the molecule is CCCc1nnsc1C(=O)N1CCCC1CCCO. The van der Waals surface area contributed by atoms with Gasteiger partial charge in [-0.1, -0.05) is 17.8 Å². The quantitative estimate of drug-likeness (QED) is 0.865. The van der Waals surface area contributed by atoms with E-state index in [1.54, 1.807) is 0 Å². The number of hydrogen-bond donors (Lipinski definition) is 1. The van der Waals surface area contributed by atoms with Gasteiger partial charge in [0.1, 0.15) is 4.88 Å². The second-order valence-corrected chi connectivity index (χ2v) is 5.71. The van der Waals surface area contributed by atoms with Crippen molar-refractivity contribution in [2.75, 3.05) is 13.2 Å². The molecule has 1 saturated heterocycles. The molecule has 1 amide bonds. The van der Waals surface area contributed by atoms with Crippen LogP contribution in [0, 0.1) is 0 Å². The fourth-order valence-corrected chi connectivity index (χ4v) is 3.30. The molecule has 0 bridgehead atoms. The number of aliphatic hydroxyl groups is 1. The topological polar surface area (TPSA) is 66.3 Å². The molecule has 0 radical (unpaired) electrons. The zero-order valence-electron chi connectivity index (χ0n) is 11.3. The monoisotopic (exact) mass is 283 g/mol. The van der Waals surface area contributed by atoms with Gasteiger partial charge in [0.05, 0.1) is 5.69 Å². The normalized spacial score (nSPS) is 19.1.